The molecule has 1 aromatic carbocycles. The van der Waals surface area contributed by atoms with Gasteiger partial charge in [0, 0.05) is 6.54 Å². The first kappa shape index (κ1) is 15.0. The Hall–Kier alpha value is -0.950. The highest BCUT2D eigenvalue weighted by Crippen LogP contribution is 2.35. The van der Waals surface area contributed by atoms with Gasteiger partial charge in [-0.3, -0.25) is 0 Å². The van der Waals surface area contributed by atoms with Gasteiger partial charge in [-0.05, 0) is 38.3 Å². The average Bonchev–Trinajstić information content (AvgIpc) is 2.94. The van der Waals surface area contributed by atoms with E-state index >= 15 is 0 Å². The molecule has 0 unspecified atom stereocenters. The summed E-state index contributed by atoms with van der Waals surface area (Å²) in [7, 11) is -3.53. The van der Waals surface area contributed by atoms with Gasteiger partial charge in [0.1, 0.15) is 0 Å². The van der Waals surface area contributed by atoms with Crippen LogP contribution >= 0.6 is 0 Å². The first-order valence-corrected chi connectivity index (χ1v) is 8.81. The third kappa shape index (κ3) is 2.73. The fourth-order valence-electron chi connectivity index (χ4n) is 3.24. The van der Waals surface area contributed by atoms with Crippen molar-refractivity contribution in [3.63, 3.8) is 0 Å². The van der Waals surface area contributed by atoms with E-state index in [4.69, 9.17) is 4.74 Å². The maximum absolute atomic E-state index is 12.9. The molecule has 1 saturated carbocycles. The lowest BCUT2D eigenvalue weighted by molar-refractivity contribution is -0.0990. The Labute approximate surface area is 125 Å². The van der Waals surface area contributed by atoms with E-state index in [-0.39, 0.29) is 25.3 Å². The van der Waals surface area contributed by atoms with Crippen molar-refractivity contribution in [1.29, 1.82) is 0 Å². The number of rotatable bonds is 3. The lowest BCUT2D eigenvalue weighted by Crippen LogP contribution is -2.55. The number of aliphatic hydroxyl groups excluding tert-OH is 1. The number of fused-ring (bicyclic) bond motifs is 1. The summed E-state index contributed by atoms with van der Waals surface area (Å²) in [5, 5.41) is 9.35. The molecule has 1 saturated heterocycles. The number of sulfonamides is 1. The van der Waals surface area contributed by atoms with Crippen molar-refractivity contribution in [2.75, 3.05) is 13.2 Å². The zero-order valence-electron chi connectivity index (χ0n) is 12.1. The Bertz CT molecular complexity index is 599. The molecule has 3 atom stereocenters. The number of aliphatic hydroxyl groups is 1. The molecule has 6 heteroatoms. The normalized spacial score (nSPS) is 30.3. The fraction of sp³-hybridized carbons (Fsp3) is 0.600. The summed E-state index contributed by atoms with van der Waals surface area (Å²) in [6.45, 7) is 2.01. The first-order valence-electron chi connectivity index (χ1n) is 7.37. The van der Waals surface area contributed by atoms with Crippen LogP contribution < -0.4 is 0 Å². The molecule has 1 aromatic rings. The number of aryl methyl sites for hydroxylation is 1. The van der Waals surface area contributed by atoms with Crippen molar-refractivity contribution in [1.82, 2.24) is 4.31 Å². The molecule has 2 aliphatic rings. The van der Waals surface area contributed by atoms with Crippen LogP contribution in [0.2, 0.25) is 0 Å². The summed E-state index contributed by atoms with van der Waals surface area (Å²) in [5.41, 5.74) is 1.03. The molecule has 1 heterocycles. The Morgan fingerprint density at radius 3 is 2.67 bits per heavy atom. The van der Waals surface area contributed by atoms with E-state index < -0.39 is 16.1 Å². The third-order valence-electron chi connectivity index (χ3n) is 4.37. The van der Waals surface area contributed by atoms with E-state index in [1.54, 1.807) is 16.4 Å². The molecular weight excluding hydrogens is 290 g/mol. The zero-order chi connectivity index (χ0) is 15.0. The second-order valence-electron chi connectivity index (χ2n) is 5.87. The minimum absolute atomic E-state index is 0.0869. The van der Waals surface area contributed by atoms with Crippen molar-refractivity contribution in [2.24, 2.45) is 0 Å². The molecule has 116 valence electrons. The SMILES string of the molecule is Cc1ccc(S(=O)(=O)N2C[C@@H](CO)O[C@@H]3CCC[C@@H]32)cc1. The molecule has 5 nitrogen and oxygen atoms in total. The highest BCUT2D eigenvalue weighted by atomic mass is 32.2. The van der Waals surface area contributed by atoms with Gasteiger partial charge in [0.05, 0.1) is 29.8 Å². The van der Waals surface area contributed by atoms with Crippen molar-refractivity contribution in [3.8, 4) is 0 Å². The molecule has 3 rings (SSSR count). The molecule has 1 N–H and O–H groups in total. The molecule has 0 radical (unpaired) electrons. The van der Waals surface area contributed by atoms with E-state index in [2.05, 4.69) is 0 Å². The number of ether oxygens (including phenoxy) is 1. The van der Waals surface area contributed by atoms with Gasteiger partial charge in [-0.25, -0.2) is 8.42 Å². The summed E-state index contributed by atoms with van der Waals surface area (Å²) in [6, 6.07) is 6.82. The van der Waals surface area contributed by atoms with Crippen molar-refractivity contribution in [3.05, 3.63) is 29.8 Å². The first-order chi connectivity index (χ1) is 10.0. The molecule has 1 aliphatic carbocycles. The van der Waals surface area contributed by atoms with Crippen LogP contribution in [0.15, 0.2) is 29.2 Å². The van der Waals surface area contributed by atoms with E-state index in [1.165, 1.54) is 0 Å². The molecule has 21 heavy (non-hydrogen) atoms. The van der Waals surface area contributed by atoms with Gasteiger partial charge in [-0.15, -0.1) is 0 Å². The molecule has 1 aliphatic heterocycles. The van der Waals surface area contributed by atoms with Gasteiger partial charge in [-0.2, -0.15) is 4.31 Å². The van der Waals surface area contributed by atoms with Gasteiger partial charge in [0.2, 0.25) is 10.0 Å². The number of nitrogens with zero attached hydrogens (tertiary/aromatic N) is 1. The van der Waals surface area contributed by atoms with E-state index in [9.17, 15) is 13.5 Å². The maximum Gasteiger partial charge on any atom is 0.243 e. The summed E-state index contributed by atoms with van der Waals surface area (Å²) in [6.07, 6.45) is 2.14. The lowest BCUT2D eigenvalue weighted by atomic mass is 10.1. The van der Waals surface area contributed by atoms with Crippen LogP contribution in [-0.2, 0) is 14.8 Å². The summed E-state index contributed by atoms with van der Waals surface area (Å²) in [5.74, 6) is 0. The smallest absolute Gasteiger partial charge is 0.243 e. The monoisotopic (exact) mass is 311 g/mol. The van der Waals surface area contributed by atoms with Crippen LogP contribution in [0.1, 0.15) is 24.8 Å². The van der Waals surface area contributed by atoms with Crippen LogP contribution in [0.4, 0.5) is 0 Å². The molecule has 0 aromatic heterocycles. The lowest BCUT2D eigenvalue weighted by Gasteiger charge is -2.40. The molecular formula is C15H21NO4S. The van der Waals surface area contributed by atoms with Crippen molar-refractivity contribution < 1.29 is 18.3 Å². The Morgan fingerprint density at radius 1 is 1.29 bits per heavy atom. The van der Waals surface area contributed by atoms with Crippen LogP contribution in [0.3, 0.4) is 0 Å². The van der Waals surface area contributed by atoms with Crippen LogP contribution in [0.25, 0.3) is 0 Å². The highest BCUT2D eigenvalue weighted by molar-refractivity contribution is 7.89. The van der Waals surface area contributed by atoms with E-state index in [0.29, 0.717) is 4.90 Å². The minimum atomic E-state index is -3.53. The van der Waals surface area contributed by atoms with Crippen LogP contribution in [0.5, 0.6) is 0 Å². The standard InChI is InChI=1S/C15H21NO4S/c1-11-5-7-13(8-6-11)21(18,19)16-9-12(10-17)20-15-4-2-3-14(15)16/h5-8,12,14-15,17H,2-4,9-10H2,1H3/t12-,14-,15+/m0/s1. The molecule has 0 bridgehead atoms. The van der Waals surface area contributed by atoms with Crippen molar-refractivity contribution >= 4 is 10.0 Å². The van der Waals surface area contributed by atoms with Gasteiger partial charge < -0.3 is 9.84 Å². The number of benzene rings is 1. The Balaban J connectivity index is 1.94. The van der Waals surface area contributed by atoms with Gasteiger partial charge in [-0.1, -0.05) is 17.7 Å². The second kappa shape index (κ2) is 5.68. The topological polar surface area (TPSA) is 66.8 Å². The molecule has 0 amide bonds. The second-order valence-corrected chi connectivity index (χ2v) is 7.76. The van der Waals surface area contributed by atoms with Gasteiger partial charge in [0.15, 0.2) is 0 Å². The van der Waals surface area contributed by atoms with E-state index in [0.717, 1.165) is 24.8 Å². The minimum Gasteiger partial charge on any atom is -0.394 e. The summed E-state index contributed by atoms with van der Waals surface area (Å²) in [4.78, 5) is 0.317. The van der Waals surface area contributed by atoms with Gasteiger partial charge >= 0.3 is 0 Å². The predicted octanol–water partition coefficient (Wildman–Crippen LogP) is 1.30. The maximum atomic E-state index is 12.9. The molecule has 0 spiro atoms. The average molecular weight is 311 g/mol. The van der Waals surface area contributed by atoms with Crippen LogP contribution in [0, 0.1) is 6.92 Å². The Morgan fingerprint density at radius 2 is 2.00 bits per heavy atom. The number of morpholine rings is 1. The molecule has 2 fully saturated rings. The van der Waals surface area contributed by atoms with Gasteiger partial charge in [0.25, 0.3) is 0 Å². The van der Waals surface area contributed by atoms with Crippen LogP contribution in [-0.4, -0.2) is 49.2 Å². The largest absolute Gasteiger partial charge is 0.394 e. The number of hydrogen-bond acceptors (Lipinski definition) is 4. The Kier molecular flexibility index (Phi) is 4.05. The summed E-state index contributed by atoms with van der Waals surface area (Å²) >= 11 is 0. The van der Waals surface area contributed by atoms with Crippen molar-refractivity contribution in [2.45, 2.75) is 49.3 Å². The number of hydrogen-bond donors (Lipinski definition) is 1. The highest BCUT2D eigenvalue weighted by Gasteiger charge is 2.45. The predicted molar refractivity (Wildman–Crippen MR) is 78.5 cm³/mol. The van der Waals surface area contributed by atoms with E-state index in [1.807, 2.05) is 19.1 Å². The summed E-state index contributed by atoms with van der Waals surface area (Å²) < 4.78 is 33.1. The quantitative estimate of drug-likeness (QED) is 0.913. The zero-order valence-corrected chi connectivity index (χ0v) is 12.9. The third-order valence-corrected chi connectivity index (χ3v) is 6.27. The fourth-order valence-corrected chi connectivity index (χ4v) is 4.95.